The van der Waals surface area contributed by atoms with Crippen LogP contribution in [-0.2, 0) is 70.3 Å². The van der Waals surface area contributed by atoms with Gasteiger partial charge >= 0.3 is 0 Å². The third kappa shape index (κ3) is 12.8. The number of aryl methyl sites for hydroxylation is 4. The van der Waals surface area contributed by atoms with E-state index in [0.717, 1.165) is 144 Å². The molecule has 3 aromatic heterocycles. The summed E-state index contributed by atoms with van der Waals surface area (Å²) in [5, 5.41) is 0. The lowest BCUT2D eigenvalue weighted by Gasteiger charge is -2.50. The molecule has 20 atom stereocenters. The van der Waals surface area contributed by atoms with Gasteiger partial charge in [-0.2, -0.15) is 0 Å². The van der Waals surface area contributed by atoms with Crippen LogP contribution in [-0.4, -0.2) is 99.2 Å². The summed E-state index contributed by atoms with van der Waals surface area (Å²) in [6.45, 7) is 12.9. The first kappa shape index (κ1) is 76.0. The van der Waals surface area contributed by atoms with E-state index in [-0.39, 0.29) is 46.1 Å². The molecule has 0 saturated heterocycles. The molecule has 12 heteroatoms. The summed E-state index contributed by atoms with van der Waals surface area (Å²) in [6.07, 6.45) is 41.6. The molecule has 0 unspecified atom stereocenters. The van der Waals surface area contributed by atoms with Gasteiger partial charge in [0.25, 0.3) is 0 Å². The van der Waals surface area contributed by atoms with Gasteiger partial charge in [-0.25, -0.2) is 9.97 Å². The lowest BCUT2D eigenvalue weighted by molar-refractivity contribution is -0.0630. The lowest BCUT2D eigenvalue weighted by Crippen LogP contribution is -2.44. The Labute approximate surface area is 689 Å². The van der Waals surface area contributed by atoms with Crippen molar-refractivity contribution in [2.75, 3.05) is 54.9 Å². The molecule has 8 fully saturated rings. The number of nitrogens with zero attached hydrogens (tertiary/aromatic N) is 2. The number of benzene rings is 4. The molecule has 2 aliphatic heterocycles. The number of ether oxygens (including phenoxy) is 8. The number of hydrogen-bond donors (Lipinski definition) is 2. The number of methoxy groups -OCH3 is 4. The Balaban J connectivity index is 0.615. The molecule has 4 aromatic carbocycles. The zero-order valence-corrected chi connectivity index (χ0v) is 70.6. The van der Waals surface area contributed by atoms with E-state index in [1.54, 1.807) is 50.7 Å². The summed E-state index contributed by atoms with van der Waals surface area (Å²) in [7, 11) is 7.20. The molecular formula is C104H126N4O8. The molecule has 116 heavy (non-hydrogen) atoms. The molecule has 12 nitrogen and oxygen atoms in total. The normalized spacial score (nSPS) is 33.9. The van der Waals surface area contributed by atoms with Crippen LogP contribution in [0, 0.1) is 69.0 Å². The van der Waals surface area contributed by atoms with Gasteiger partial charge in [-0.3, -0.25) is 0 Å². The summed E-state index contributed by atoms with van der Waals surface area (Å²) in [5.41, 5.74) is 26.0. The fraction of sp³-hybridized carbons (Fsp3) is 0.577. The second kappa shape index (κ2) is 30.3. The van der Waals surface area contributed by atoms with Gasteiger partial charge in [-0.15, -0.1) is 0 Å². The molecule has 8 saturated carbocycles. The monoisotopic (exact) mass is 1560 g/mol. The highest BCUT2D eigenvalue weighted by Gasteiger charge is 2.60. The number of fused-ring (bicyclic) bond motifs is 28. The number of aromatic nitrogens is 4. The Hall–Kier alpha value is -7.48. The second-order valence-corrected chi connectivity index (χ2v) is 39.8. The predicted octanol–water partition coefficient (Wildman–Crippen LogP) is 22.6. The Morgan fingerprint density at radius 1 is 0.302 bits per heavy atom. The number of rotatable bonds is 20. The molecule has 610 valence electrons. The SMILES string of the molecule is COc1ccc2c(c1)CC[C@@H]1[C@@H]2CC[C@]2(C)[C@@H](OCCc3c4nc(c(CCO[C@H]5CC[C@H]6[C@@H]7CCc8cc(OC)ccc8[C@H]7CC[C@]56C)c5ccc([nH]5)c(CCO[C@H]5CC[C@H]6[C@@H]7CCc8cc(OC)ccc8[C@H]7CC[C@]56C)c5ccc([nH]5)c(CCO[C@H]5CC[C@H]6[C@@H]7CCc8cc(OC)ccc8[C@H]7CC[C@]56C)c5nc3C=C5)C=C4)CC[C@@H]12. The molecule has 0 spiro atoms. The van der Waals surface area contributed by atoms with E-state index in [1.165, 1.54) is 142 Å². The van der Waals surface area contributed by atoms with Crippen molar-refractivity contribution in [3.8, 4) is 23.0 Å². The van der Waals surface area contributed by atoms with Crippen LogP contribution in [0.15, 0.2) is 97.1 Å². The first-order chi connectivity index (χ1) is 56.7. The average Bonchev–Trinajstić information content (AvgIpc) is 1.69. The number of hydrogen-bond acceptors (Lipinski definition) is 10. The molecule has 14 aliphatic rings. The van der Waals surface area contributed by atoms with Gasteiger partial charge in [0, 0.05) is 50.7 Å². The van der Waals surface area contributed by atoms with Crippen molar-refractivity contribution >= 4 is 46.4 Å². The smallest absolute Gasteiger partial charge is 0.119 e. The highest BCUT2D eigenvalue weighted by atomic mass is 16.5. The molecule has 0 amide bonds. The Morgan fingerprint density at radius 3 is 0.845 bits per heavy atom. The van der Waals surface area contributed by atoms with Gasteiger partial charge in [0.05, 0.1) is 102 Å². The largest absolute Gasteiger partial charge is 0.497 e. The standard InChI is InChI=1S/C104H126N4O8/c1-101-49-41-73-69-21-13-65(109-5)57-61(69)9-17-77(73)85(101)25-37-97(101)113-53-45-81-89-29-31-91(105-89)82(46-54-114-98-38-26-86-78-18-10-62-58-66(110-6)14-22-70(62)74(78)42-50-102(86,98)2)93-33-35-95(107-93)84(48-56-116-100-40-28-88-80-20-12-64-60-68(112-8)16-24-72(64)76(80)44-52-104(88,100)4)96-36-34-94(108-96)83(92-32-30-90(81)106-92)47-55-115-99-39-27-87-79-19-11-63-59-67(111-7)15-23-71(63)75(79)43-51-103(87,99)3/h13-16,21-24,29-36,57-60,73-80,85-88,97-100,105-106H,9-12,17-20,25-28,37-56H2,1-8H3/t73-,74-,75-,76-,77-,78-,79-,80-,85+,86+,87+,88+,97+,98+,99+,100+,101+,102+,103+,104+/m1/s1. The molecule has 12 aliphatic carbocycles. The zero-order chi connectivity index (χ0) is 78.3. The van der Waals surface area contributed by atoms with Crippen LogP contribution in [0.2, 0.25) is 0 Å². The van der Waals surface area contributed by atoms with Crippen LogP contribution in [0.4, 0.5) is 0 Å². The minimum atomic E-state index is 0.136. The van der Waals surface area contributed by atoms with Crippen molar-refractivity contribution in [1.29, 1.82) is 0 Å². The topological polar surface area (TPSA) is 131 Å². The van der Waals surface area contributed by atoms with Crippen molar-refractivity contribution < 1.29 is 37.9 Å². The van der Waals surface area contributed by atoms with Crippen LogP contribution in [0.5, 0.6) is 23.0 Å². The number of nitrogens with one attached hydrogen (secondary N) is 2. The van der Waals surface area contributed by atoms with Crippen molar-refractivity contribution in [3.05, 3.63) is 187 Å². The summed E-state index contributed by atoms with van der Waals surface area (Å²) >= 11 is 0. The minimum absolute atomic E-state index is 0.136. The Kier molecular flexibility index (Phi) is 19.9. The maximum absolute atomic E-state index is 7.45. The summed E-state index contributed by atoms with van der Waals surface area (Å²) in [4.78, 5) is 20.0. The van der Waals surface area contributed by atoms with Crippen molar-refractivity contribution in [2.45, 2.75) is 256 Å². The van der Waals surface area contributed by atoms with Gasteiger partial charge < -0.3 is 47.9 Å². The van der Waals surface area contributed by atoms with Gasteiger partial charge in [0.2, 0.25) is 0 Å². The minimum Gasteiger partial charge on any atom is -0.497 e. The third-order valence-corrected chi connectivity index (χ3v) is 35.3. The van der Waals surface area contributed by atoms with Crippen molar-refractivity contribution in [1.82, 2.24) is 19.9 Å². The van der Waals surface area contributed by atoms with Crippen molar-refractivity contribution in [3.63, 3.8) is 0 Å². The summed E-state index contributed by atoms with van der Waals surface area (Å²) in [5.74, 6) is 11.8. The fourth-order valence-corrected chi connectivity index (χ4v) is 29.4. The quantitative estimate of drug-likeness (QED) is 0.0760. The maximum atomic E-state index is 7.45. The fourth-order valence-electron chi connectivity index (χ4n) is 29.4. The molecule has 8 bridgehead atoms. The van der Waals surface area contributed by atoms with Crippen LogP contribution >= 0.6 is 0 Å². The third-order valence-electron chi connectivity index (χ3n) is 35.3. The Morgan fingerprint density at radius 2 is 0.560 bits per heavy atom. The van der Waals surface area contributed by atoms with E-state index in [4.69, 9.17) is 47.9 Å². The molecule has 5 heterocycles. The predicted molar refractivity (Wildman–Crippen MR) is 463 cm³/mol. The second-order valence-electron chi connectivity index (χ2n) is 39.8. The molecular weight excluding hydrogens is 1430 g/mol. The van der Waals surface area contributed by atoms with Crippen LogP contribution in [0.3, 0.4) is 0 Å². The van der Waals surface area contributed by atoms with Crippen LogP contribution < -0.4 is 18.9 Å². The molecule has 2 N–H and O–H groups in total. The maximum Gasteiger partial charge on any atom is 0.119 e. The highest BCUT2D eigenvalue weighted by molar-refractivity contribution is 5.83. The van der Waals surface area contributed by atoms with E-state index in [9.17, 15) is 0 Å². The van der Waals surface area contributed by atoms with E-state index in [2.05, 4.69) is 159 Å². The number of H-pyrrole nitrogens is 2. The highest BCUT2D eigenvalue weighted by Crippen LogP contribution is 2.67. The van der Waals surface area contributed by atoms with E-state index in [1.807, 2.05) is 0 Å². The van der Waals surface area contributed by atoms with Crippen LogP contribution in [0.25, 0.3) is 46.4 Å². The van der Waals surface area contributed by atoms with Crippen LogP contribution in [0.1, 0.15) is 269 Å². The van der Waals surface area contributed by atoms with E-state index < -0.39 is 0 Å². The van der Waals surface area contributed by atoms with Gasteiger partial charge in [-0.1, -0.05) is 52.0 Å². The van der Waals surface area contributed by atoms with E-state index >= 15 is 0 Å². The lowest BCUT2D eigenvalue weighted by atomic mass is 9.55. The number of aromatic amines is 2. The summed E-state index contributed by atoms with van der Waals surface area (Å²) < 4.78 is 52.7. The van der Waals surface area contributed by atoms with Crippen molar-refractivity contribution in [2.24, 2.45) is 69.0 Å². The molecule has 0 radical (unpaired) electrons. The zero-order valence-electron chi connectivity index (χ0n) is 70.6. The van der Waals surface area contributed by atoms with Gasteiger partial charge in [0.15, 0.2) is 0 Å². The molecule has 7 aromatic rings. The summed E-state index contributed by atoms with van der Waals surface area (Å²) in [6, 6.07) is 37.0. The average molecular weight is 1560 g/mol. The van der Waals surface area contributed by atoms with Gasteiger partial charge in [-0.05, 0) is 408 Å². The van der Waals surface area contributed by atoms with E-state index in [0.29, 0.717) is 104 Å². The Bertz CT molecular complexity index is 4960. The first-order valence-electron chi connectivity index (χ1n) is 45.9. The van der Waals surface area contributed by atoms with Gasteiger partial charge in [0.1, 0.15) is 23.0 Å². The first-order valence-corrected chi connectivity index (χ1v) is 45.9. The molecule has 21 rings (SSSR count).